The number of carbonyl (C=O) groups is 1. The molecule has 2 atom stereocenters. The van der Waals surface area contributed by atoms with Crippen molar-refractivity contribution in [2.24, 2.45) is 0 Å². The van der Waals surface area contributed by atoms with E-state index >= 15 is 0 Å². The summed E-state index contributed by atoms with van der Waals surface area (Å²) in [5.41, 5.74) is 0. The van der Waals surface area contributed by atoms with Crippen molar-refractivity contribution in [1.82, 2.24) is 0 Å². The molecule has 2 rings (SSSR count). The van der Waals surface area contributed by atoms with Crippen molar-refractivity contribution in [3.05, 3.63) is 12.2 Å². The smallest absolute Gasteiger partial charge is 0.331 e. The van der Waals surface area contributed by atoms with Gasteiger partial charge in [0.05, 0.1) is 6.61 Å². The molecule has 0 saturated carbocycles. The quantitative estimate of drug-likeness (QED) is 0.635. The number of carbonyl (C=O) groups excluding carboxylic acids is 1. The van der Waals surface area contributed by atoms with Gasteiger partial charge in [-0.25, -0.2) is 4.79 Å². The van der Waals surface area contributed by atoms with Gasteiger partial charge in [0.25, 0.3) is 0 Å². The van der Waals surface area contributed by atoms with Crippen molar-refractivity contribution >= 4 is 5.97 Å². The van der Waals surface area contributed by atoms with E-state index in [9.17, 15) is 4.79 Å². The van der Waals surface area contributed by atoms with Crippen molar-refractivity contribution in [2.45, 2.75) is 31.7 Å². The second kappa shape index (κ2) is 4.57. The molecule has 2 heterocycles. The summed E-state index contributed by atoms with van der Waals surface area (Å²) in [6.07, 6.45) is 5.98. The Labute approximate surface area is 82.8 Å². The second-order valence-corrected chi connectivity index (χ2v) is 3.46. The van der Waals surface area contributed by atoms with Crippen LogP contribution < -0.4 is 0 Å². The highest BCUT2D eigenvalue weighted by Gasteiger charge is 2.20. The molecule has 4 heteroatoms. The summed E-state index contributed by atoms with van der Waals surface area (Å²) in [5.74, 6) is -0.289. The molecule has 0 amide bonds. The van der Waals surface area contributed by atoms with E-state index in [0.717, 1.165) is 25.9 Å². The number of ether oxygens (including phenoxy) is 3. The van der Waals surface area contributed by atoms with Crippen LogP contribution in [0.4, 0.5) is 0 Å². The summed E-state index contributed by atoms with van der Waals surface area (Å²) in [6, 6.07) is 0. The van der Waals surface area contributed by atoms with Crippen LogP contribution in [0.15, 0.2) is 12.2 Å². The van der Waals surface area contributed by atoms with E-state index < -0.39 is 0 Å². The maximum atomic E-state index is 10.7. The van der Waals surface area contributed by atoms with Crippen molar-refractivity contribution in [3.8, 4) is 0 Å². The molecule has 0 aromatic heterocycles. The molecule has 0 bridgehead atoms. The Kier molecular flexibility index (Phi) is 3.16. The average Bonchev–Trinajstić information content (AvgIpc) is 2.63. The average molecular weight is 198 g/mol. The molecular weight excluding hydrogens is 184 g/mol. The Balaban J connectivity index is 1.66. The maximum absolute atomic E-state index is 10.7. The molecule has 0 spiro atoms. The molecule has 1 unspecified atom stereocenters. The molecule has 0 N–H and O–H groups in total. The van der Waals surface area contributed by atoms with Crippen LogP contribution in [0, 0.1) is 0 Å². The van der Waals surface area contributed by atoms with Gasteiger partial charge in [-0.2, -0.15) is 0 Å². The second-order valence-electron chi connectivity index (χ2n) is 3.46. The van der Waals surface area contributed by atoms with Gasteiger partial charge in [-0.05, 0) is 25.3 Å². The standard InChI is InChI=1S/C10H14O4/c11-9-5-4-8(14-9)7-13-10-3-1-2-6-12-10/h4-5,8,10H,1-3,6-7H2/t8-,10?/m0/s1. The Morgan fingerprint density at radius 1 is 1.50 bits per heavy atom. The first-order valence-electron chi connectivity index (χ1n) is 4.96. The van der Waals surface area contributed by atoms with Gasteiger partial charge in [0.1, 0.15) is 6.10 Å². The van der Waals surface area contributed by atoms with E-state index in [-0.39, 0.29) is 18.4 Å². The summed E-state index contributed by atoms with van der Waals surface area (Å²) < 4.78 is 15.8. The molecule has 1 saturated heterocycles. The summed E-state index contributed by atoms with van der Waals surface area (Å²) in [5, 5.41) is 0. The van der Waals surface area contributed by atoms with Crippen LogP contribution in [0.3, 0.4) is 0 Å². The fourth-order valence-electron chi connectivity index (χ4n) is 1.55. The molecule has 0 aromatic rings. The van der Waals surface area contributed by atoms with Crippen molar-refractivity contribution in [1.29, 1.82) is 0 Å². The van der Waals surface area contributed by atoms with Crippen molar-refractivity contribution in [2.75, 3.05) is 13.2 Å². The SMILES string of the molecule is O=C1C=C[C@@H](COC2CCCCO2)O1. The lowest BCUT2D eigenvalue weighted by molar-refractivity contribution is -0.177. The minimum Gasteiger partial charge on any atom is -0.452 e. The number of hydrogen-bond acceptors (Lipinski definition) is 4. The van der Waals surface area contributed by atoms with Gasteiger partial charge < -0.3 is 14.2 Å². The lowest BCUT2D eigenvalue weighted by Crippen LogP contribution is -2.26. The predicted molar refractivity (Wildman–Crippen MR) is 48.6 cm³/mol. The summed E-state index contributed by atoms with van der Waals surface area (Å²) in [7, 11) is 0. The van der Waals surface area contributed by atoms with Crippen LogP contribution in [0.2, 0.25) is 0 Å². The third kappa shape index (κ3) is 2.56. The van der Waals surface area contributed by atoms with E-state index in [0.29, 0.717) is 6.61 Å². The fraction of sp³-hybridized carbons (Fsp3) is 0.700. The molecule has 14 heavy (non-hydrogen) atoms. The molecule has 1 fully saturated rings. The zero-order valence-corrected chi connectivity index (χ0v) is 7.98. The molecule has 78 valence electrons. The first kappa shape index (κ1) is 9.68. The van der Waals surface area contributed by atoms with E-state index in [1.807, 2.05) is 0 Å². The normalized spacial score (nSPS) is 31.9. The molecule has 2 aliphatic heterocycles. The molecule has 2 aliphatic rings. The van der Waals surface area contributed by atoms with Gasteiger partial charge in [0, 0.05) is 12.7 Å². The predicted octanol–water partition coefficient (Wildman–Crippen LogP) is 1.01. The summed E-state index contributed by atoms with van der Waals surface area (Å²) in [4.78, 5) is 10.7. The third-order valence-corrected chi connectivity index (χ3v) is 2.30. The molecule has 0 aliphatic carbocycles. The number of rotatable bonds is 3. The summed E-state index contributed by atoms with van der Waals surface area (Å²) >= 11 is 0. The molecule has 0 radical (unpaired) electrons. The Bertz CT molecular complexity index is 230. The fourth-order valence-corrected chi connectivity index (χ4v) is 1.55. The Morgan fingerprint density at radius 3 is 3.07 bits per heavy atom. The number of hydrogen-bond donors (Lipinski definition) is 0. The van der Waals surface area contributed by atoms with Crippen molar-refractivity contribution < 1.29 is 19.0 Å². The molecular formula is C10H14O4. The topological polar surface area (TPSA) is 44.8 Å². The van der Waals surface area contributed by atoms with Gasteiger partial charge in [-0.3, -0.25) is 0 Å². The Morgan fingerprint density at radius 2 is 2.43 bits per heavy atom. The maximum Gasteiger partial charge on any atom is 0.331 e. The highest BCUT2D eigenvalue weighted by molar-refractivity contribution is 5.84. The van der Waals surface area contributed by atoms with Crippen LogP contribution in [-0.4, -0.2) is 31.6 Å². The molecule has 0 aromatic carbocycles. The lowest BCUT2D eigenvalue weighted by atomic mass is 10.2. The van der Waals surface area contributed by atoms with E-state index in [1.54, 1.807) is 6.08 Å². The third-order valence-electron chi connectivity index (χ3n) is 2.30. The highest BCUT2D eigenvalue weighted by atomic mass is 16.7. The van der Waals surface area contributed by atoms with Crippen LogP contribution in [0.5, 0.6) is 0 Å². The summed E-state index contributed by atoms with van der Waals surface area (Å²) in [6.45, 7) is 1.16. The number of esters is 1. The van der Waals surface area contributed by atoms with Crippen LogP contribution in [0.1, 0.15) is 19.3 Å². The van der Waals surface area contributed by atoms with E-state index in [2.05, 4.69) is 0 Å². The minimum atomic E-state index is -0.289. The van der Waals surface area contributed by atoms with Gasteiger partial charge in [-0.1, -0.05) is 0 Å². The van der Waals surface area contributed by atoms with Crippen molar-refractivity contribution in [3.63, 3.8) is 0 Å². The van der Waals surface area contributed by atoms with Gasteiger partial charge >= 0.3 is 5.97 Å². The van der Waals surface area contributed by atoms with E-state index in [4.69, 9.17) is 14.2 Å². The van der Waals surface area contributed by atoms with Gasteiger partial charge in [-0.15, -0.1) is 0 Å². The zero-order chi connectivity index (χ0) is 9.80. The largest absolute Gasteiger partial charge is 0.452 e. The monoisotopic (exact) mass is 198 g/mol. The van der Waals surface area contributed by atoms with Gasteiger partial charge in [0.15, 0.2) is 6.29 Å². The lowest BCUT2D eigenvalue weighted by Gasteiger charge is -2.23. The van der Waals surface area contributed by atoms with E-state index in [1.165, 1.54) is 6.08 Å². The minimum absolute atomic E-state index is 0.114. The molecule has 4 nitrogen and oxygen atoms in total. The number of cyclic esters (lactones) is 1. The first-order chi connectivity index (χ1) is 6.84. The zero-order valence-electron chi connectivity index (χ0n) is 7.98. The van der Waals surface area contributed by atoms with Gasteiger partial charge in [0.2, 0.25) is 0 Å². The Hall–Kier alpha value is -0.870. The van der Waals surface area contributed by atoms with Crippen LogP contribution in [-0.2, 0) is 19.0 Å². The highest BCUT2D eigenvalue weighted by Crippen LogP contribution is 2.15. The first-order valence-corrected chi connectivity index (χ1v) is 4.96. The van der Waals surface area contributed by atoms with Crippen LogP contribution >= 0.6 is 0 Å². The van der Waals surface area contributed by atoms with Crippen LogP contribution in [0.25, 0.3) is 0 Å².